The molecule has 0 aromatic carbocycles. The Balaban J connectivity index is 1.74. The van der Waals surface area contributed by atoms with Crippen molar-refractivity contribution in [3.63, 3.8) is 0 Å². The van der Waals surface area contributed by atoms with Gasteiger partial charge in [-0.05, 0) is 31.6 Å². The van der Waals surface area contributed by atoms with Gasteiger partial charge in [0, 0.05) is 18.6 Å². The zero-order valence-corrected chi connectivity index (χ0v) is 7.76. The molecule has 0 aromatic heterocycles. The quantitative estimate of drug-likeness (QED) is 0.663. The van der Waals surface area contributed by atoms with Crippen LogP contribution in [0.25, 0.3) is 0 Å². The van der Waals surface area contributed by atoms with E-state index in [9.17, 15) is 0 Å². The first-order valence-electron chi connectivity index (χ1n) is 5.36. The van der Waals surface area contributed by atoms with Gasteiger partial charge in [-0.1, -0.05) is 12.8 Å². The molecule has 3 N–H and O–H groups in total. The smallest absolute Gasteiger partial charge is 0.0221 e. The average molecular weight is 168 g/mol. The maximum Gasteiger partial charge on any atom is 0.0221 e. The standard InChI is InChI=1S/C10H20N2/c11-7-10(8-5-6-8)12-9-3-1-2-4-9/h8-10,12H,1-7,11H2. The molecule has 0 aliphatic heterocycles. The fourth-order valence-electron chi connectivity index (χ4n) is 2.29. The maximum absolute atomic E-state index is 5.73. The highest BCUT2D eigenvalue weighted by Gasteiger charge is 2.31. The third-order valence-corrected chi connectivity index (χ3v) is 3.25. The van der Waals surface area contributed by atoms with Gasteiger partial charge >= 0.3 is 0 Å². The minimum atomic E-state index is 0.632. The van der Waals surface area contributed by atoms with Gasteiger partial charge in [-0.3, -0.25) is 0 Å². The minimum absolute atomic E-state index is 0.632. The molecule has 70 valence electrons. The molecule has 2 nitrogen and oxygen atoms in total. The lowest BCUT2D eigenvalue weighted by molar-refractivity contribution is 0.402. The van der Waals surface area contributed by atoms with Crippen LogP contribution in [0.1, 0.15) is 38.5 Å². The molecule has 0 aromatic rings. The second kappa shape index (κ2) is 3.75. The SMILES string of the molecule is NCC(NC1CCCC1)C1CC1. The van der Waals surface area contributed by atoms with Crippen molar-refractivity contribution in [3.8, 4) is 0 Å². The van der Waals surface area contributed by atoms with Crippen molar-refractivity contribution < 1.29 is 0 Å². The van der Waals surface area contributed by atoms with Crippen LogP contribution >= 0.6 is 0 Å². The summed E-state index contributed by atoms with van der Waals surface area (Å²) in [7, 11) is 0. The van der Waals surface area contributed by atoms with E-state index in [2.05, 4.69) is 5.32 Å². The van der Waals surface area contributed by atoms with E-state index in [1.807, 2.05) is 0 Å². The van der Waals surface area contributed by atoms with Gasteiger partial charge in [0.15, 0.2) is 0 Å². The van der Waals surface area contributed by atoms with Crippen molar-refractivity contribution in [1.82, 2.24) is 5.32 Å². The summed E-state index contributed by atoms with van der Waals surface area (Å²) < 4.78 is 0. The topological polar surface area (TPSA) is 38.0 Å². The molecule has 1 unspecified atom stereocenters. The number of hydrogen-bond acceptors (Lipinski definition) is 2. The van der Waals surface area contributed by atoms with Crippen LogP contribution in [-0.2, 0) is 0 Å². The van der Waals surface area contributed by atoms with Gasteiger partial charge in [-0.15, -0.1) is 0 Å². The summed E-state index contributed by atoms with van der Waals surface area (Å²) >= 11 is 0. The zero-order valence-electron chi connectivity index (χ0n) is 7.76. The Bertz CT molecular complexity index is 137. The van der Waals surface area contributed by atoms with E-state index in [1.54, 1.807) is 0 Å². The third kappa shape index (κ3) is 1.99. The Morgan fingerprint density at radius 1 is 1.17 bits per heavy atom. The average Bonchev–Trinajstić information content (AvgIpc) is 2.80. The number of nitrogens with one attached hydrogen (secondary N) is 1. The predicted molar refractivity (Wildman–Crippen MR) is 51.0 cm³/mol. The van der Waals surface area contributed by atoms with E-state index in [0.29, 0.717) is 6.04 Å². The van der Waals surface area contributed by atoms with Gasteiger partial charge in [-0.25, -0.2) is 0 Å². The monoisotopic (exact) mass is 168 g/mol. The van der Waals surface area contributed by atoms with Crippen LogP contribution in [0.5, 0.6) is 0 Å². The summed E-state index contributed by atoms with van der Waals surface area (Å²) in [5.41, 5.74) is 5.73. The second-order valence-corrected chi connectivity index (χ2v) is 4.33. The van der Waals surface area contributed by atoms with E-state index in [4.69, 9.17) is 5.73 Å². The normalized spacial score (nSPS) is 27.8. The number of nitrogens with two attached hydrogens (primary N) is 1. The third-order valence-electron chi connectivity index (χ3n) is 3.25. The summed E-state index contributed by atoms with van der Waals surface area (Å²) in [4.78, 5) is 0. The highest BCUT2D eigenvalue weighted by atomic mass is 15.0. The van der Waals surface area contributed by atoms with Gasteiger partial charge in [0.05, 0.1) is 0 Å². The Labute approximate surface area is 74.9 Å². The molecular formula is C10H20N2. The molecule has 2 fully saturated rings. The highest BCUT2D eigenvalue weighted by Crippen LogP contribution is 2.33. The van der Waals surface area contributed by atoms with Crippen molar-refractivity contribution in [1.29, 1.82) is 0 Å². The molecule has 2 rings (SSSR count). The first-order valence-corrected chi connectivity index (χ1v) is 5.36. The molecule has 2 aliphatic rings. The first kappa shape index (κ1) is 8.52. The van der Waals surface area contributed by atoms with Crippen LogP contribution < -0.4 is 11.1 Å². The summed E-state index contributed by atoms with van der Waals surface area (Å²) in [5.74, 6) is 0.913. The summed E-state index contributed by atoms with van der Waals surface area (Å²) in [6.45, 7) is 0.834. The molecular weight excluding hydrogens is 148 g/mol. The lowest BCUT2D eigenvalue weighted by atomic mass is 10.1. The fraction of sp³-hybridized carbons (Fsp3) is 1.00. The van der Waals surface area contributed by atoms with Crippen LogP contribution in [0.15, 0.2) is 0 Å². The zero-order chi connectivity index (χ0) is 8.39. The molecule has 0 saturated heterocycles. The van der Waals surface area contributed by atoms with Crippen LogP contribution in [0.2, 0.25) is 0 Å². The predicted octanol–water partition coefficient (Wildman–Crippen LogP) is 1.26. The molecule has 0 heterocycles. The fourth-order valence-corrected chi connectivity index (χ4v) is 2.29. The minimum Gasteiger partial charge on any atom is -0.329 e. The van der Waals surface area contributed by atoms with E-state index >= 15 is 0 Å². The Hall–Kier alpha value is -0.0800. The maximum atomic E-state index is 5.73. The van der Waals surface area contributed by atoms with Gasteiger partial charge < -0.3 is 11.1 Å². The van der Waals surface area contributed by atoms with Crippen molar-refractivity contribution in [3.05, 3.63) is 0 Å². The van der Waals surface area contributed by atoms with Crippen LogP contribution in [0.3, 0.4) is 0 Å². The largest absolute Gasteiger partial charge is 0.329 e. The molecule has 2 heteroatoms. The van der Waals surface area contributed by atoms with Crippen LogP contribution in [-0.4, -0.2) is 18.6 Å². The van der Waals surface area contributed by atoms with Gasteiger partial charge in [0.2, 0.25) is 0 Å². The van der Waals surface area contributed by atoms with Gasteiger partial charge in [0.1, 0.15) is 0 Å². The number of hydrogen-bond donors (Lipinski definition) is 2. The molecule has 2 aliphatic carbocycles. The van der Waals surface area contributed by atoms with E-state index in [1.165, 1.54) is 38.5 Å². The molecule has 0 spiro atoms. The highest BCUT2D eigenvalue weighted by molar-refractivity contribution is 4.90. The second-order valence-electron chi connectivity index (χ2n) is 4.33. The van der Waals surface area contributed by atoms with Crippen molar-refractivity contribution in [2.24, 2.45) is 11.7 Å². The van der Waals surface area contributed by atoms with Crippen LogP contribution in [0.4, 0.5) is 0 Å². The van der Waals surface area contributed by atoms with Gasteiger partial charge in [-0.2, -0.15) is 0 Å². The summed E-state index contributed by atoms with van der Waals surface area (Å²) in [5, 5.41) is 3.70. The van der Waals surface area contributed by atoms with Crippen LogP contribution in [0, 0.1) is 5.92 Å². The molecule has 0 bridgehead atoms. The molecule has 12 heavy (non-hydrogen) atoms. The molecule has 0 amide bonds. The van der Waals surface area contributed by atoms with E-state index < -0.39 is 0 Å². The summed E-state index contributed by atoms with van der Waals surface area (Å²) in [6, 6.07) is 1.42. The lowest BCUT2D eigenvalue weighted by Gasteiger charge is -2.20. The summed E-state index contributed by atoms with van der Waals surface area (Å²) in [6.07, 6.45) is 8.40. The van der Waals surface area contributed by atoms with Crippen molar-refractivity contribution in [2.45, 2.75) is 50.6 Å². The van der Waals surface area contributed by atoms with E-state index in [-0.39, 0.29) is 0 Å². The van der Waals surface area contributed by atoms with E-state index in [0.717, 1.165) is 18.5 Å². The molecule has 0 radical (unpaired) electrons. The lowest BCUT2D eigenvalue weighted by Crippen LogP contribution is -2.43. The molecule has 1 atom stereocenters. The Kier molecular flexibility index (Phi) is 2.66. The van der Waals surface area contributed by atoms with Crippen molar-refractivity contribution >= 4 is 0 Å². The van der Waals surface area contributed by atoms with Gasteiger partial charge in [0.25, 0.3) is 0 Å². The Morgan fingerprint density at radius 3 is 2.33 bits per heavy atom. The number of rotatable bonds is 4. The molecule has 2 saturated carbocycles. The first-order chi connectivity index (χ1) is 5.90. The Morgan fingerprint density at radius 2 is 1.83 bits per heavy atom. The van der Waals surface area contributed by atoms with Crippen molar-refractivity contribution in [2.75, 3.05) is 6.54 Å².